The molecule has 54 valence electrons. The van der Waals surface area contributed by atoms with Crippen molar-refractivity contribution in [1.29, 1.82) is 0 Å². The van der Waals surface area contributed by atoms with Crippen LogP contribution < -0.4 is 0 Å². The Bertz CT molecular complexity index is 83.1. The van der Waals surface area contributed by atoms with Gasteiger partial charge in [0.25, 0.3) is 0 Å². The number of hydrogen-bond acceptors (Lipinski definition) is 3. The zero-order valence-corrected chi connectivity index (χ0v) is 5.87. The Hall–Kier alpha value is -0.440. The molecule has 0 aromatic rings. The molecule has 0 aliphatic heterocycles. The van der Waals surface area contributed by atoms with Gasteiger partial charge in [0.05, 0.1) is 6.10 Å². The van der Waals surface area contributed by atoms with E-state index < -0.39 is 6.10 Å². The molecule has 0 spiro atoms. The fourth-order valence-corrected chi connectivity index (χ4v) is 0.705. The highest BCUT2D eigenvalue weighted by atomic mass is 16.3. The monoisotopic (exact) mass is 131 g/mol. The van der Waals surface area contributed by atoms with Gasteiger partial charge in [-0.25, -0.2) is 0 Å². The number of hydrogen-bond donors (Lipinski definition) is 1. The van der Waals surface area contributed by atoms with E-state index in [1.807, 2.05) is 13.8 Å². The molecule has 1 unspecified atom stereocenters. The van der Waals surface area contributed by atoms with Gasteiger partial charge in [0.1, 0.15) is 6.54 Å². The molecule has 9 heavy (non-hydrogen) atoms. The molecule has 0 aromatic carbocycles. The van der Waals surface area contributed by atoms with Crippen molar-refractivity contribution in [2.24, 2.45) is 11.1 Å². The van der Waals surface area contributed by atoms with Gasteiger partial charge in [-0.05, 0) is 12.3 Å². The molecule has 3 nitrogen and oxygen atoms in total. The van der Waals surface area contributed by atoms with Gasteiger partial charge in [-0.15, -0.1) is 0 Å². The highest BCUT2D eigenvalue weighted by Gasteiger charge is 2.05. The summed E-state index contributed by atoms with van der Waals surface area (Å²) in [6.45, 7) is 4.01. The van der Waals surface area contributed by atoms with Gasteiger partial charge in [0.15, 0.2) is 0 Å². The quantitative estimate of drug-likeness (QED) is 0.582. The van der Waals surface area contributed by atoms with Crippen LogP contribution in [0.4, 0.5) is 0 Å². The number of nitrogens with zero attached hydrogens (tertiary/aromatic N) is 1. The number of nitroso groups, excluding NO2 is 1. The normalized spacial score (nSPS) is 13.8. The van der Waals surface area contributed by atoms with Crippen molar-refractivity contribution < 1.29 is 5.11 Å². The molecular weight excluding hydrogens is 118 g/mol. The minimum atomic E-state index is -0.539. The number of aliphatic hydroxyl groups is 1. The summed E-state index contributed by atoms with van der Waals surface area (Å²) in [5.74, 6) is 0.432. The lowest BCUT2D eigenvalue weighted by molar-refractivity contribution is 0.157. The predicted molar refractivity (Wildman–Crippen MR) is 36.1 cm³/mol. The van der Waals surface area contributed by atoms with Gasteiger partial charge in [0.2, 0.25) is 0 Å². The van der Waals surface area contributed by atoms with Gasteiger partial charge in [0, 0.05) is 0 Å². The average Bonchev–Trinajstić information content (AvgIpc) is 1.63. The summed E-state index contributed by atoms with van der Waals surface area (Å²) >= 11 is 0. The summed E-state index contributed by atoms with van der Waals surface area (Å²) in [4.78, 5) is 9.59. The van der Waals surface area contributed by atoms with Crippen LogP contribution in [-0.2, 0) is 0 Å². The van der Waals surface area contributed by atoms with Gasteiger partial charge in [-0.3, -0.25) is 0 Å². The Morgan fingerprint density at radius 2 is 2.11 bits per heavy atom. The van der Waals surface area contributed by atoms with Crippen LogP contribution in [0.15, 0.2) is 5.18 Å². The Balaban J connectivity index is 3.25. The van der Waals surface area contributed by atoms with Crippen molar-refractivity contribution in [2.75, 3.05) is 6.54 Å². The molecule has 0 fully saturated rings. The SMILES string of the molecule is CC(C)CC(O)CN=O. The number of aliphatic hydroxyl groups excluding tert-OH is 1. The van der Waals surface area contributed by atoms with Crippen LogP contribution in [0.1, 0.15) is 20.3 Å². The summed E-state index contributed by atoms with van der Waals surface area (Å²) in [6, 6.07) is 0. The zero-order chi connectivity index (χ0) is 7.28. The third-order valence-electron chi connectivity index (χ3n) is 1.03. The van der Waals surface area contributed by atoms with Gasteiger partial charge in [-0.1, -0.05) is 19.0 Å². The lowest BCUT2D eigenvalue weighted by Crippen LogP contribution is -2.12. The Labute approximate surface area is 55.1 Å². The zero-order valence-electron chi connectivity index (χ0n) is 5.87. The summed E-state index contributed by atoms with van der Waals surface area (Å²) in [5, 5.41) is 11.5. The Kier molecular flexibility index (Phi) is 4.22. The number of rotatable bonds is 4. The van der Waals surface area contributed by atoms with Crippen molar-refractivity contribution >= 4 is 0 Å². The molecule has 0 radical (unpaired) electrons. The van der Waals surface area contributed by atoms with Gasteiger partial charge >= 0.3 is 0 Å². The first-order chi connectivity index (χ1) is 4.16. The molecule has 0 heterocycles. The van der Waals surface area contributed by atoms with Gasteiger partial charge < -0.3 is 5.11 Å². The van der Waals surface area contributed by atoms with Crippen LogP contribution in [0.25, 0.3) is 0 Å². The van der Waals surface area contributed by atoms with E-state index >= 15 is 0 Å². The smallest absolute Gasteiger partial charge is 0.107 e. The second-order valence-electron chi connectivity index (χ2n) is 2.60. The third-order valence-corrected chi connectivity index (χ3v) is 1.03. The molecule has 0 aliphatic rings. The molecule has 1 N–H and O–H groups in total. The molecule has 0 saturated heterocycles. The summed E-state index contributed by atoms with van der Waals surface area (Å²) in [7, 11) is 0. The lowest BCUT2D eigenvalue weighted by atomic mass is 10.1. The maximum Gasteiger partial charge on any atom is 0.107 e. The van der Waals surface area contributed by atoms with Crippen LogP contribution in [-0.4, -0.2) is 17.8 Å². The van der Waals surface area contributed by atoms with E-state index in [4.69, 9.17) is 5.11 Å². The van der Waals surface area contributed by atoms with Crippen LogP contribution >= 0.6 is 0 Å². The Morgan fingerprint density at radius 1 is 1.56 bits per heavy atom. The first-order valence-electron chi connectivity index (χ1n) is 3.14. The third kappa shape index (κ3) is 5.43. The van der Waals surface area contributed by atoms with Crippen LogP contribution in [0.5, 0.6) is 0 Å². The molecule has 3 heteroatoms. The fraction of sp³-hybridized carbons (Fsp3) is 1.00. The van der Waals surface area contributed by atoms with Crippen molar-refractivity contribution in [3.05, 3.63) is 4.91 Å². The molecule has 1 atom stereocenters. The maximum absolute atomic E-state index is 9.59. The second-order valence-corrected chi connectivity index (χ2v) is 2.60. The standard InChI is InChI=1S/C6H13NO2/c1-5(2)3-6(8)4-7-9/h5-6,8H,3-4H2,1-2H3. The molecular formula is C6H13NO2. The van der Waals surface area contributed by atoms with Crippen molar-refractivity contribution in [3.63, 3.8) is 0 Å². The first kappa shape index (κ1) is 8.56. The van der Waals surface area contributed by atoms with Gasteiger partial charge in [-0.2, -0.15) is 4.91 Å². The minimum Gasteiger partial charge on any atom is -0.391 e. The van der Waals surface area contributed by atoms with E-state index in [0.29, 0.717) is 12.3 Å². The molecule has 0 aliphatic carbocycles. The Morgan fingerprint density at radius 3 is 2.44 bits per heavy atom. The molecule has 0 bridgehead atoms. The van der Waals surface area contributed by atoms with E-state index in [-0.39, 0.29) is 6.54 Å². The average molecular weight is 131 g/mol. The summed E-state index contributed by atoms with van der Waals surface area (Å²) in [6.07, 6.45) is 0.119. The van der Waals surface area contributed by atoms with Crippen molar-refractivity contribution in [2.45, 2.75) is 26.4 Å². The van der Waals surface area contributed by atoms with E-state index in [0.717, 1.165) is 0 Å². The second kappa shape index (κ2) is 4.44. The highest BCUT2D eigenvalue weighted by Crippen LogP contribution is 2.03. The molecule has 0 saturated carbocycles. The molecule has 0 aromatic heterocycles. The van der Waals surface area contributed by atoms with E-state index in [9.17, 15) is 4.91 Å². The maximum atomic E-state index is 9.59. The van der Waals surface area contributed by atoms with Crippen LogP contribution in [0.2, 0.25) is 0 Å². The van der Waals surface area contributed by atoms with Crippen LogP contribution in [0, 0.1) is 10.8 Å². The topological polar surface area (TPSA) is 49.7 Å². The van der Waals surface area contributed by atoms with Crippen LogP contribution in [0.3, 0.4) is 0 Å². The lowest BCUT2D eigenvalue weighted by Gasteiger charge is -2.07. The molecule has 0 amide bonds. The molecule has 0 rings (SSSR count). The predicted octanol–water partition coefficient (Wildman–Crippen LogP) is 1.16. The summed E-state index contributed by atoms with van der Waals surface area (Å²) in [5.41, 5.74) is 0. The van der Waals surface area contributed by atoms with E-state index in [1.54, 1.807) is 0 Å². The van der Waals surface area contributed by atoms with Crippen molar-refractivity contribution in [3.8, 4) is 0 Å². The fourth-order valence-electron chi connectivity index (χ4n) is 0.705. The first-order valence-corrected chi connectivity index (χ1v) is 3.14. The highest BCUT2D eigenvalue weighted by molar-refractivity contribution is 4.59. The van der Waals surface area contributed by atoms with E-state index in [1.165, 1.54) is 0 Å². The van der Waals surface area contributed by atoms with Crippen molar-refractivity contribution in [1.82, 2.24) is 0 Å². The largest absolute Gasteiger partial charge is 0.391 e. The summed E-state index contributed by atoms with van der Waals surface area (Å²) < 4.78 is 0. The minimum absolute atomic E-state index is 0.0260. The van der Waals surface area contributed by atoms with E-state index in [2.05, 4.69) is 5.18 Å².